The molecule has 134 valence electrons. The summed E-state index contributed by atoms with van der Waals surface area (Å²) in [6.45, 7) is 3.42. The maximum absolute atomic E-state index is 13.3. The predicted molar refractivity (Wildman–Crippen MR) is 86.4 cm³/mol. The minimum Gasteiger partial charge on any atom is -0.476 e. The lowest BCUT2D eigenvalue weighted by Crippen LogP contribution is -2.32. The molecule has 0 aromatic carbocycles. The summed E-state index contributed by atoms with van der Waals surface area (Å²) in [5.74, 6) is -2.95. The van der Waals surface area contributed by atoms with Crippen molar-refractivity contribution in [1.29, 1.82) is 0 Å². The second-order valence-electron chi connectivity index (χ2n) is 6.38. The van der Waals surface area contributed by atoms with Gasteiger partial charge in [-0.15, -0.1) is 0 Å². The number of carbonyl (C=O) groups is 1. The number of rotatable bonds is 4. The Balaban J connectivity index is 1.81. The molecule has 0 radical (unpaired) electrons. The number of aromatic nitrogens is 4. The van der Waals surface area contributed by atoms with E-state index in [2.05, 4.69) is 20.4 Å². The van der Waals surface area contributed by atoms with Crippen molar-refractivity contribution in [1.82, 2.24) is 19.7 Å². The number of aryl methyl sites for hydroxylation is 2. The lowest BCUT2D eigenvalue weighted by molar-refractivity contribution is -0.0361. The minimum absolute atomic E-state index is 0.0610. The van der Waals surface area contributed by atoms with Gasteiger partial charge >= 0.3 is 5.97 Å². The largest absolute Gasteiger partial charge is 0.476 e. The summed E-state index contributed by atoms with van der Waals surface area (Å²) in [6, 6.07) is 1.65. The monoisotopic (exact) mass is 351 g/mol. The highest BCUT2D eigenvalue weighted by atomic mass is 19.3. The summed E-state index contributed by atoms with van der Waals surface area (Å²) in [4.78, 5) is 19.7. The molecule has 0 aliphatic heterocycles. The summed E-state index contributed by atoms with van der Waals surface area (Å²) < 4.78 is 27.8. The number of nitrogens with zero attached hydrogens (tertiary/aromatic N) is 4. The number of alkyl halides is 2. The zero-order valence-corrected chi connectivity index (χ0v) is 14.0. The third-order valence-electron chi connectivity index (χ3n) is 4.22. The molecule has 1 saturated carbocycles. The molecule has 7 nitrogen and oxygen atoms in total. The van der Waals surface area contributed by atoms with Crippen molar-refractivity contribution in [3.63, 3.8) is 0 Å². The SMILES string of the molecule is Cc1cc(NC2CCC(F)(F)CC2)nc(-n2cc(C)c(C(=O)O)n2)n1. The summed E-state index contributed by atoms with van der Waals surface area (Å²) in [5, 5.41) is 16.3. The van der Waals surface area contributed by atoms with Gasteiger partial charge in [0, 0.05) is 42.4 Å². The Morgan fingerprint density at radius 2 is 2.00 bits per heavy atom. The highest BCUT2D eigenvalue weighted by Crippen LogP contribution is 2.34. The van der Waals surface area contributed by atoms with Crippen molar-refractivity contribution in [3.05, 3.63) is 29.2 Å². The maximum atomic E-state index is 13.3. The standard InChI is InChI=1S/C16H19F2N5O2/c1-9-8-23(22-13(9)14(24)25)15-19-10(2)7-12(21-15)20-11-3-5-16(17,18)6-4-11/h7-8,11H,3-6H2,1-2H3,(H,24,25)(H,19,20,21). The van der Waals surface area contributed by atoms with E-state index in [1.165, 1.54) is 4.68 Å². The normalized spacial score (nSPS) is 17.4. The van der Waals surface area contributed by atoms with Gasteiger partial charge in [-0.3, -0.25) is 0 Å². The van der Waals surface area contributed by atoms with E-state index in [9.17, 15) is 13.6 Å². The van der Waals surface area contributed by atoms with Gasteiger partial charge in [0.05, 0.1) is 0 Å². The van der Waals surface area contributed by atoms with Crippen molar-refractivity contribution in [3.8, 4) is 5.95 Å². The fourth-order valence-electron chi connectivity index (χ4n) is 2.90. The van der Waals surface area contributed by atoms with Crippen LogP contribution < -0.4 is 5.32 Å². The van der Waals surface area contributed by atoms with Gasteiger partial charge in [-0.05, 0) is 26.7 Å². The Morgan fingerprint density at radius 1 is 1.32 bits per heavy atom. The van der Waals surface area contributed by atoms with E-state index in [0.29, 0.717) is 29.9 Å². The summed E-state index contributed by atoms with van der Waals surface area (Å²) >= 11 is 0. The fraction of sp³-hybridized carbons (Fsp3) is 0.500. The van der Waals surface area contributed by atoms with Crippen molar-refractivity contribution >= 4 is 11.8 Å². The van der Waals surface area contributed by atoms with Gasteiger partial charge in [0.2, 0.25) is 5.92 Å². The number of carboxylic acid groups (broad SMARTS) is 1. The van der Waals surface area contributed by atoms with Crippen LogP contribution in [0.3, 0.4) is 0 Å². The van der Waals surface area contributed by atoms with Crippen LogP contribution >= 0.6 is 0 Å². The van der Waals surface area contributed by atoms with Crippen LogP contribution in [0.2, 0.25) is 0 Å². The highest BCUT2D eigenvalue weighted by Gasteiger charge is 2.35. The summed E-state index contributed by atoms with van der Waals surface area (Å²) in [6.07, 6.45) is 2.01. The Labute approximate surface area is 143 Å². The predicted octanol–water partition coefficient (Wildman–Crippen LogP) is 2.97. The smallest absolute Gasteiger partial charge is 0.356 e. The Kier molecular flexibility index (Phi) is 4.40. The average Bonchev–Trinajstić information content (AvgIpc) is 2.91. The van der Waals surface area contributed by atoms with Crippen molar-refractivity contribution < 1.29 is 18.7 Å². The number of carboxylic acids is 1. The van der Waals surface area contributed by atoms with Crippen LogP contribution in [-0.2, 0) is 0 Å². The molecule has 2 aromatic heterocycles. The summed E-state index contributed by atoms with van der Waals surface area (Å²) in [7, 11) is 0. The van der Waals surface area contributed by atoms with Gasteiger partial charge in [0.1, 0.15) is 5.82 Å². The van der Waals surface area contributed by atoms with E-state index in [1.807, 2.05) is 0 Å². The van der Waals surface area contributed by atoms with E-state index >= 15 is 0 Å². The van der Waals surface area contributed by atoms with E-state index in [1.54, 1.807) is 26.1 Å². The minimum atomic E-state index is -2.58. The summed E-state index contributed by atoms with van der Waals surface area (Å²) in [5.41, 5.74) is 1.11. The van der Waals surface area contributed by atoms with Crippen molar-refractivity contribution in [2.75, 3.05) is 5.32 Å². The highest BCUT2D eigenvalue weighted by molar-refractivity contribution is 5.86. The van der Waals surface area contributed by atoms with Gasteiger partial charge in [-0.2, -0.15) is 10.1 Å². The number of anilines is 1. The molecule has 3 rings (SSSR count). The quantitative estimate of drug-likeness (QED) is 0.880. The Bertz CT molecular complexity index is 796. The third-order valence-corrected chi connectivity index (χ3v) is 4.22. The van der Waals surface area contributed by atoms with Crippen LogP contribution in [-0.4, -0.2) is 42.8 Å². The van der Waals surface area contributed by atoms with Crippen molar-refractivity contribution in [2.24, 2.45) is 0 Å². The molecule has 1 fully saturated rings. The van der Waals surface area contributed by atoms with Crippen LogP contribution in [0.5, 0.6) is 0 Å². The zero-order valence-electron chi connectivity index (χ0n) is 14.0. The van der Waals surface area contributed by atoms with Gasteiger partial charge in [0.25, 0.3) is 5.95 Å². The number of halogens is 2. The first-order valence-corrected chi connectivity index (χ1v) is 8.03. The topological polar surface area (TPSA) is 92.9 Å². The van der Waals surface area contributed by atoms with E-state index < -0.39 is 11.9 Å². The second-order valence-corrected chi connectivity index (χ2v) is 6.38. The molecule has 9 heteroatoms. The molecule has 0 unspecified atom stereocenters. The lowest BCUT2D eigenvalue weighted by Gasteiger charge is -2.29. The molecular weight excluding hydrogens is 332 g/mol. The maximum Gasteiger partial charge on any atom is 0.356 e. The molecule has 1 aliphatic carbocycles. The molecular formula is C16H19F2N5O2. The average molecular weight is 351 g/mol. The van der Waals surface area contributed by atoms with Crippen LogP contribution in [0.15, 0.2) is 12.3 Å². The first-order chi connectivity index (χ1) is 11.7. The molecule has 0 saturated heterocycles. The number of hydrogen-bond acceptors (Lipinski definition) is 5. The van der Waals surface area contributed by atoms with Crippen LogP contribution in [0, 0.1) is 13.8 Å². The molecule has 0 atom stereocenters. The fourth-order valence-corrected chi connectivity index (χ4v) is 2.90. The van der Waals surface area contributed by atoms with Crippen LogP contribution in [0.25, 0.3) is 5.95 Å². The number of aromatic carboxylic acids is 1. The molecule has 2 N–H and O–H groups in total. The number of hydrogen-bond donors (Lipinski definition) is 2. The second kappa shape index (κ2) is 6.38. The molecule has 25 heavy (non-hydrogen) atoms. The van der Waals surface area contributed by atoms with Gasteiger partial charge in [-0.1, -0.05) is 0 Å². The number of nitrogens with one attached hydrogen (secondary N) is 1. The van der Waals surface area contributed by atoms with Crippen molar-refractivity contribution in [2.45, 2.75) is 51.5 Å². The molecule has 0 amide bonds. The third kappa shape index (κ3) is 3.92. The Morgan fingerprint density at radius 3 is 2.60 bits per heavy atom. The van der Waals surface area contributed by atoms with Gasteiger partial charge < -0.3 is 10.4 Å². The molecule has 2 aromatic rings. The van der Waals surface area contributed by atoms with Gasteiger partial charge in [-0.25, -0.2) is 23.2 Å². The van der Waals surface area contributed by atoms with Crippen LogP contribution in [0.4, 0.5) is 14.6 Å². The molecule has 1 aliphatic rings. The van der Waals surface area contributed by atoms with E-state index in [4.69, 9.17) is 5.11 Å². The molecule has 0 spiro atoms. The van der Waals surface area contributed by atoms with Gasteiger partial charge in [0.15, 0.2) is 5.69 Å². The first kappa shape index (κ1) is 17.2. The van der Waals surface area contributed by atoms with E-state index in [-0.39, 0.29) is 30.5 Å². The van der Waals surface area contributed by atoms with Crippen LogP contribution in [0.1, 0.15) is 47.4 Å². The zero-order chi connectivity index (χ0) is 18.2. The van der Waals surface area contributed by atoms with E-state index in [0.717, 1.165) is 0 Å². The first-order valence-electron chi connectivity index (χ1n) is 8.03. The molecule has 2 heterocycles. The Hall–Kier alpha value is -2.58. The lowest BCUT2D eigenvalue weighted by atomic mass is 9.92. The molecule has 0 bridgehead atoms.